The van der Waals surface area contributed by atoms with Gasteiger partial charge in [0.2, 0.25) is 0 Å². The molecule has 222 valence electrons. The fraction of sp³-hybridized carbons (Fsp3) is 0.433. The lowest BCUT2D eigenvalue weighted by molar-refractivity contribution is -0.116. The lowest BCUT2D eigenvalue weighted by Crippen LogP contribution is -2.36. The third-order valence-corrected chi connectivity index (χ3v) is 8.21. The second-order valence-corrected chi connectivity index (χ2v) is 11.2. The van der Waals surface area contributed by atoms with Crippen molar-refractivity contribution in [3.05, 3.63) is 65.0 Å². The van der Waals surface area contributed by atoms with Crippen molar-refractivity contribution in [2.75, 3.05) is 56.7 Å². The minimum Gasteiger partial charge on any atom is -0.381 e. The Labute approximate surface area is 247 Å². The quantitative estimate of drug-likeness (QED) is 0.331. The van der Waals surface area contributed by atoms with Crippen molar-refractivity contribution in [1.82, 2.24) is 14.9 Å². The molecule has 42 heavy (non-hydrogen) atoms. The maximum atomic E-state index is 15.1. The molecule has 3 aliphatic heterocycles. The van der Waals surface area contributed by atoms with E-state index in [-0.39, 0.29) is 23.8 Å². The molecule has 6 rings (SSSR count). The zero-order chi connectivity index (χ0) is 29.1. The number of carbonyl (C=O) groups is 1. The van der Waals surface area contributed by atoms with Crippen LogP contribution in [0.15, 0.2) is 48.6 Å². The number of aryl methyl sites for hydroxylation is 1. The summed E-state index contributed by atoms with van der Waals surface area (Å²) in [4.78, 5) is 23.8. The van der Waals surface area contributed by atoms with Crippen LogP contribution in [0.25, 0.3) is 10.9 Å². The van der Waals surface area contributed by atoms with Crippen molar-refractivity contribution >= 4 is 45.6 Å². The molecule has 0 aliphatic carbocycles. The smallest absolute Gasteiger partial charge is 0.284 e. The first-order valence-electron chi connectivity index (χ1n) is 14.1. The summed E-state index contributed by atoms with van der Waals surface area (Å²) in [5, 5.41) is 6.49. The predicted octanol–water partition coefficient (Wildman–Crippen LogP) is 5.03. The summed E-state index contributed by atoms with van der Waals surface area (Å²) >= 11 is 5.96. The van der Waals surface area contributed by atoms with E-state index in [0.717, 1.165) is 25.0 Å². The molecule has 2 N–H and O–H groups in total. The molecule has 0 saturated carbocycles. The molecule has 3 fully saturated rings. The van der Waals surface area contributed by atoms with Gasteiger partial charge in [0.05, 0.1) is 36.0 Å². The molecule has 4 heterocycles. The number of fused-ring (bicyclic) bond motifs is 2. The van der Waals surface area contributed by atoms with Crippen molar-refractivity contribution in [2.45, 2.75) is 31.5 Å². The van der Waals surface area contributed by atoms with Gasteiger partial charge < -0.3 is 24.8 Å². The number of likely N-dealkylation sites (tertiary alicyclic amines) is 1. The Morgan fingerprint density at radius 3 is 2.67 bits per heavy atom. The second kappa shape index (κ2) is 13.0. The van der Waals surface area contributed by atoms with Crippen LogP contribution in [0.4, 0.5) is 26.0 Å². The van der Waals surface area contributed by atoms with Gasteiger partial charge in [-0.15, -0.1) is 0 Å². The molecule has 1 amide bonds. The summed E-state index contributed by atoms with van der Waals surface area (Å²) in [5.41, 5.74) is 2.48. The number of amides is 1. The van der Waals surface area contributed by atoms with Crippen molar-refractivity contribution in [3.8, 4) is 0 Å². The number of hydrogen-bond donors (Lipinski definition) is 2. The molecule has 0 radical (unpaired) electrons. The number of rotatable bonds is 9. The number of anilines is 3. The highest BCUT2D eigenvalue weighted by Crippen LogP contribution is 2.32. The summed E-state index contributed by atoms with van der Waals surface area (Å²) in [6.45, 7) is 4.10. The van der Waals surface area contributed by atoms with Gasteiger partial charge in [0.15, 0.2) is 5.83 Å². The van der Waals surface area contributed by atoms with Crippen LogP contribution in [-0.4, -0.2) is 79.0 Å². The Morgan fingerprint density at radius 2 is 1.93 bits per heavy atom. The molecule has 12 heteroatoms. The van der Waals surface area contributed by atoms with Gasteiger partial charge in [-0.25, -0.2) is 18.7 Å². The number of hydrogen-bond acceptors (Lipinski definition) is 8. The molecule has 9 nitrogen and oxygen atoms in total. The minimum absolute atomic E-state index is 0.0228. The van der Waals surface area contributed by atoms with Crippen molar-refractivity contribution in [1.29, 1.82) is 0 Å². The van der Waals surface area contributed by atoms with E-state index in [2.05, 4.69) is 20.6 Å². The molecule has 3 aromatic rings. The lowest BCUT2D eigenvalue weighted by Gasteiger charge is -2.24. The van der Waals surface area contributed by atoms with Crippen LogP contribution < -0.4 is 10.6 Å². The van der Waals surface area contributed by atoms with E-state index in [9.17, 15) is 9.18 Å². The van der Waals surface area contributed by atoms with Crippen LogP contribution in [0, 0.1) is 11.7 Å². The first-order valence-corrected chi connectivity index (χ1v) is 14.5. The van der Waals surface area contributed by atoms with E-state index >= 15 is 4.39 Å². The van der Waals surface area contributed by atoms with Gasteiger partial charge in [-0.1, -0.05) is 11.6 Å². The molecule has 3 atom stereocenters. The van der Waals surface area contributed by atoms with Crippen molar-refractivity contribution in [3.63, 3.8) is 0 Å². The summed E-state index contributed by atoms with van der Waals surface area (Å²) in [6.07, 6.45) is 5.17. The number of benzene rings is 2. The average Bonchev–Trinajstić information content (AvgIpc) is 3.67. The van der Waals surface area contributed by atoms with Crippen LogP contribution >= 0.6 is 11.6 Å². The Morgan fingerprint density at radius 1 is 1.12 bits per heavy atom. The molecular weight excluding hydrogens is 568 g/mol. The number of halogens is 3. The molecule has 0 bridgehead atoms. The second-order valence-electron chi connectivity index (χ2n) is 10.8. The Balaban J connectivity index is 1.23. The SMILES string of the molecule is O=C(Nc1cc2c(Nc3ccc(F)c(Cl)c3)ncnc2cc1CC[C@H]1CCOC1)/C(F)=C/CN1C[C@@H]2OCCO[C@@H]2C1. The number of aromatic nitrogens is 2. The zero-order valence-electron chi connectivity index (χ0n) is 23.0. The zero-order valence-corrected chi connectivity index (χ0v) is 23.7. The summed E-state index contributed by atoms with van der Waals surface area (Å²) < 4.78 is 45.7. The van der Waals surface area contributed by atoms with Crippen LogP contribution in [0.5, 0.6) is 0 Å². The highest BCUT2D eigenvalue weighted by atomic mass is 35.5. The van der Waals surface area contributed by atoms with Crippen molar-refractivity contribution in [2.24, 2.45) is 5.92 Å². The largest absolute Gasteiger partial charge is 0.381 e. The molecule has 3 saturated heterocycles. The average molecular weight is 600 g/mol. The standard InChI is InChI=1S/C30H32ClF2N5O4/c31-22-12-20(3-4-23(22)32)36-29-21-13-25(19(11-26(21)34-17-35-29)2-1-18-6-8-40-16-18)37-30(39)24(33)5-7-38-14-27-28(15-38)42-10-9-41-27/h3-5,11-13,17-18,27-28H,1-2,6-10,14-16H2,(H,37,39)(H,34,35,36)/b24-5-/t18-,27-,28+/m0/s1. The van der Waals surface area contributed by atoms with Gasteiger partial charge in [0, 0.05) is 49.6 Å². The molecule has 0 spiro atoms. The molecule has 3 aliphatic rings. The summed E-state index contributed by atoms with van der Waals surface area (Å²) in [6, 6.07) is 7.89. The maximum Gasteiger partial charge on any atom is 0.284 e. The lowest BCUT2D eigenvalue weighted by atomic mass is 9.97. The van der Waals surface area contributed by atoms with E-state index < -0.39 is 17.6 Å². The first kappa shape index (κ1) is 28.9. The molecule has 2 aromatic carbocycles. The number of ether oxygens (including phenoxy) is 3. The topological polar surface area (TPSA) is 97.8 Å². The minimum atomic E-state index is -0.870. The summed E-state index contributed by atoms with van der Waals surface area (Å²) in [7, 11) is 0. The van der Waals surface area contributed by atoms with Crippen LogP contribution in [0.2, 0.25) is 5.02 Å². The normalized spacial score (nSPS) is 22.8. The van der Waals surface area contributed by atoms with E-state index in [1.807, 2.05) is 11.0 Å². The highest BCUT2D eigenvalue weighted by molar-refractivity contribution is 6.31. The number of nitrogens with zero attached hydrogens (tertiary/aromatic N) is 3. The molecular formula is C30H32ClF2N5O4. The van der Waals surface area contributed by atoms with Crippen LogP contribution in [-0.2, 0) is 25.4 Å². The van der Waals surface area contributed by atoms with E-state index in [1.165, 1.54) is 24.5 Å². The van der Waals surface area contributed by atoms with Gasteiger partial charge in [0.25, 0.3) is 5.91 Å². The Bertz CT molecular complexity index is 1470. The highest BCUT2D eigenvalue weighted by Gasteiger charge is 2.36. The van der Waals surface area contributed by atoms with E-state index in [0.29, 0.717) is 73.3 Å². The van der Waals surface area contributed by atoms with Gasteiger partial charge in [-0.3, -0.25) is 9.69 Å². The molecule has 0 unspecified atom stereocenters. The predicted molar refractivity (Wildman–Crippen MR) is 155 cm³/mol. The van der Waals surface area contributed by atoms with Crippen LogP contribution in [0.3, 0.4) is 0 Å². The van der Waals surface area contributed by atoms with Gasteiger partial charge in [0.1, 0.15) is 18.0 Å². The first-order chi connectivity index (χ1) is 20.4. The van der Waals surface area contributed by atoms with Crippen LogP contribution in [0.1, 0.15) is 18.4 Å². The third-order valence-electron chi connectivity index (χ3n) is 7.92. The van der Waals surface area contributed by atoms with E-state index in [4.69, 9.17) is 25.8 Å². The number of carbonyl (C=O) groups excluding carboxylic acids is 1. The van der Waals surface area contributed by atoms with Crippen molar-refractivity contribution < 1.29 is 27.8 Å². The van der Waals surface area contributed by atoms with Gasteiger partial charge in [-0.05, 0) is 67.2 Å². The van der Waals surface area contributed by atoms with Gasteiger partial charge >= 0.3 is 0 Å². The van der Waals surface area contributed by atoms with Gasteiger partial charge in [-0.2, -0.15) is 0 Å². The number of nitrogens with one attached hydrogen (secondary N) is 2. The Hall–Kier alpha value is -3.22. The third kappa shape index (κ3) is 6.71. The Kier molecular flexibility index (Phi) is 8.92. The molecule has 1 aromatic heterocycles. The maximum absolute atomic E-state index is 15.1. The summed E-state index contributed by atoms with van der Waals surface area (Å²) in [5.74, 6) is -1.38. The monoisotopic (exact) mass is 599 g/mol. The van der Waals surface area contributed by atoms with E-state index in [1.54, 1.807) is 12.1 Å². The fourth-order valence-electron chi connectivity index (χ4n) is 5.62. The fourth-order valence-corrected chi connectivity index (χ4v) is 5.80.